The van der Waals surface area contributed by atoms with Gasteiger partial charge in [-0.2, -0.15) is 5.26 Å². The van der Waals surface area contributed by atoms with Gasteiger partial charge in [-0.25, -0.2) is 0 Å². The number of nitrogens with one attached hydrogen (secondary N) is 1. The van der Waals surface area contributed by atoms with E-state index in [9.17, 15) is 9.59 Å². The smallest absolute Gasteiger partial charge is 0.306 e. The Hall–Kier alpha value is -3.33. The van der Waals surface area contributed by atoms with E-state index in [1.807, 2.05) is 36.4 Å². The molecule has 1 N–H and O–H groups in total. The maximum absolute atomic E-state index is 12.2. The van der Waals surface area contributed by atoms with Crippen LogP contribution in [0.5, 0.6) is 5.75 Å². The first-order valence-corrected chi connectivity index (χ1v) is 9.05. The zero-order valence-electron chi connectivity index (χ0n) is 15.9. The van der Waals surface area contributed by atoms with E-state index in [2.05, 4.69) is 16.1 Å². The van der Waals surface area contributed by atoms with Crippen molar-refractivity contribution in [3.8, 4) is 22.9 Å². The van der Waals surface area contributed by atoms with Gasteiger partial charge in [0.25, 0.3) is 0 Å². The Morgan fingerprint density at radius 2 is 1.79 bits per heavy atom. The zero-order chi connectivity index (χ0) is 20.1. The lowest BCUT2D eigenvalue weighted by molar-refractivity contribution is -0.146. The Balaban J connectivity index is 1.57. The standard InChI is InChI=1S/C22H22N2O4/c1-22(12-20(25)27-2)11-18(24-21(22)26)14-28-19-9-7-17(8-10-19)16-5-3-15(13-23)4-6-16/h3-10,18H,11-12,14H2,1-2H3,(H,24,26)/t18-,22-/m0/s1. The molecule has 1 saturated heterocycles. The Bertz CT molecular complexity index is 900. The Morgan fingerprint density at radius 1 is 1.18 bits per heavy atom. The molecule has 0 saturated carbocycles. The molecule has 1 aliphatic rings. The number of ether oxygens (including phenoxy) is 2. The summed E-state index contributed by atoms with van der Waals surface area (Å²) < 4.78 is 10.5. The van der Waals surface area contributed by atoms with Gasteiger partial charge in [0.15, 0.2) is 0 Å². The fraction of sp³-hybridized carbons (Fsp3) is 0.318. The molecule has 1 aliphatic heterocycles. The normalized spacial score (nSPS) is 20.9. The van der Waals surface area contributed by atoms with Gasteiger partial charge in [-0.3, -0.25) is 9.59 Å². The second-order valence-electron chi connectivity index (χ2n) is 7.21. The number of methoxy groups -OCH3 is 1. The summed E-state index contributed by atoms with van der Waals surface area (Å²) >= 11 is 0. The number of hydrogen-bond acceptors (Lipinski definition) is 5. The Kier molecular flexibility index (Phi) is 5.65. The van der Waals surface area contributed by atoms with Crippen molar-refractivity contribution in [2.45, 2.75) is 25.8 Å². The molecule has 0 aliphatic carbocycles. The number of carbonyl (C=O) groups excluding carboxylic acids is 2. The van der Waals surface area contributed by atoms with Crippen LogP contribution in [0.2, 0.25) is 0 Å². The van der Waals surface area contributed by atoms with Gasteiger partial charge in [-0.15, -0.1) is 0 Å². The molecule has 144 valence electrons. The van der Waals surface area contributed by atoms with Crippen molar-refractivity contribution in [2.75, 3.05) is 13.7 Å². The van der Waals surface area contributed by atoms with Gasteiger partial charge >= 0.3 is 5.97 Å². The quantitative estimate of drug-likeness (QED) is 0.781. The van der Waals surface area contributed by atoms with E-state index >= 15 is 0 Å². The first-order chi connectivity index (χ1) is 13.4. The molecule has 2 aromatic rings. The maximum Gasteiger partial charge on any atom is 0.306 e. The van der Waals surface area contributed by atoms with Gasteiger partial charge in [-0.05, 0) is 41.8 Å². The number of carbonyl (C=O) groups is 2. The first kappa shape index (κ1) is 19.4. The molecular formula is C22H22N2O4. The molecule has 2 atom stereocenters. The summed E-state index contributed by atoms with van der Waals surface area (Å²) in [5.74, 6) is 0.161. The van der Waals surface area contributed by atoms with Gasteiger partial charge in [0.05, 0.1) is 36.6 Å². The average Bonchev–Trinajstić information content (AvgIpc) is 3.00. The summed E-state index contributed by atoms with van der Waals surface area (Å²) in [6.07, 6.45) is 0.579. The summed E-state index contributed by atoms with van der Waals surface area (Å²) in [5.41, 5.74) is 1.91. The van der Waals surface area contributed by atoms with Gasteiger partial charge in [-0.1, -0.05) is 31.2 Å². The molecule has 0 unspecified atom stereocenters. The number of nitrogens with zero attached hydrogens (tertiary/aromatic N) is 1. The number of esters is 1. The molecule has 0 bridgehead atoms. The van der Waals surface area contributed by atoms with E-state index in [0.717, 1.165) is 11.1 Å². The highest BCUT2D eigenvalue weighted by atomic mass is 16.5. The van der Waals surface area contributed by atoms with Crippen molar-refractivity contribution in [2.24, 2.45) is 5.41 Å². The zero-order valence-corrected chi connectivity index (χ0v) is 15.9. The van der Waals surface area contributed by atoms with Crippen molar-refractivity contribution >= 4 is 11.9 Å². The summed E-state index contributed by atoms with van der Waals surface area (Å²) in [6, 6.07) is 17.0. The van der Waals surface area contributed by atoms with Gasteiger partial charge in [0, 0.05) is 0 Å². The number of benzene rings is 2. The number of rotatable bonds is 6. The maximum atomic E-state index is 12.2. The molecule has 0 radical (unpaired) electrons. The summed E-state index contributed by atoms with van der Waals surface area (Å²) in [7, 11) is 1.32. The average molecular weight is 378 g/mol. The van der Waals surface area contributed by atoms with Crippen molar-refractivity contribution in [1.82, 2.24) is 5.32 Å². The summed E-state index contributed by atoms with van der Waals surface area (Å²) in [5, 5.41) is 11.8. The van der Waals surface area contributed by atoms with Crippen LogP contribution < -0.4 is 10.1 Å². The van der Waals surface area contributed by atoms with E-state index in [4.69, 9.17) is 10.00 Å². The Morgan fingerprint density at radius 3 is 2.36 bits per heavy atom. The lowest BCUT2D eigenvalue weighted by Crippen LogP contribution is -2.33. The minimum atomic E-state index is -0.763. The molecule has 1 amide bonds. The number of hydrogen-bond donors (Lipinski definition) is 1. The van der Waals surface area contributed by atoms with Crippen molar-refractivity contribution in [3.63, 3.8) is 0 Å². The third kappa shape index (κ3) is 4.32. The van der Waals surface area contributed by atoms with Crippen LogP contribution in [0.4, 0.5) is 0 Å². The fourth-order valence-corrected chi connectivity index (χ4v) is 3.37. The summed E-state index contributed by atoms with van der Waals surface area (Å²) in [6.45, 7) is 2.10. The highest BCUT2D eigenvalue weighted by Crippen LogP contribution is 2.34. The lowest BCUT2D eigenvalue weighted by atomic mass is 9.84. The van der Waals surface area contributed by atoms with Crippen LogP contribution in [-0.2, 0) is 14.3 Å². The SMILES string of the molecule is COC(=O)C[C@]1(C)C[C@@H](COc2ccc(-c3ccc(C#N)cc3)cc2)NC1=O. The second-order valence-corrected chi connectivity index (χ2v) is 7.21. The molecule has 2 aromatic carbocycles. The second kappa shape index (κ2) is 8.13. The molecule has 28 heavy (non-hydrogen) atoms. The van der Waals surface area contributed by atoms with Crippen LogP contribution in [0.3, 0.4) is 0 Å². The minimum absolute atomic E-state index is 0.0606. The predicted molar refractivity (Wildman–Crippen MR) is 103 cm³/mol. The van der Waals surface area contributed by atoms with Crippen LogP contribution >= 0.6 is 0 Å². The minimum Gasteiger partial charge on any atom is -0.491 e. The molecule has 6 nitrogen and oxygen atoms in total. The molecular weight excluding hydrogens is 356 g/mol. The molecule has 1 heterocycles. The number of nitriles is 1. The van der Waals surface area contributed by atoms with Gasteiger partial charge in [0.2, 0.25) is 5.91 Å². The third-order valence-corrected chi connectivity index (χ3v) is 5.00. The summed E-state index contributed by atoms with van der Waals surface area (Å²) in [4.78, 5) is 23.8. The first-order valence-electron chi connectivity index (χ1n) is 9.05. The van der Waals surface area contributed by atoms with E-state index in [1.165, 1.54) is 7.11 Å². The number of amides is 1. The van der Waals surface area contributed by atoms with Gasteiger partial charge in [0.1, 0.15) is 12.4 Å². The van der Waals surface area contributed by atoms with E-state index in [1.54, 1.807) is 19.1 Å². The van der Waals surface area contributed by atoms with E-state index < -0.39 is 11.4 Å². The van der Waals surface area contributed by atoms with E-state index in [0.29, 0.717) is 24.3 Å². The third-order valence-electron chi connectivity index (χ3n) is 5.00. The highest BCUT2D eigenvalue weighted by Gasteiger charge is 2.44. The van der Waals surface area contributed by atoms with Crippen LogP contribution in [0, 0.1) is 16.7 Å². The molecule has 6 heteroatoms. The predicted octanol–water partition coefficient (Wildman–Crippen LogP) is 3.06. The topological polar surface area (TPSA) is 88.4 Å². The van der Waals surface area contributed by atoms with Crippen molar-refractivity contribution < 1.29 is 19.1 Å². The van der Waals surface area contributed by atoms with Crippen LogP contribution in [0.25, 0.3) is 11.1 Å². The van der Waals surface area contributed by atoms with Gasteiger partial charge < -0.3 is 14.8 Å². The van der Waals surface area contributed by atoms with Crippen LogP contribution in [0.15, 0.2) is 48.5 Å². The monoisotopic (exact) mass is 378 g/mol. The highest BCUT2D eigenvalue weighted by molar-refractivity contribution is 5.89. The Labute approximate surface area is 164 Å². The fourth-order valence-electron chi connectivity index (χ4n) is 3.37. The largest absolute Gasteiger partial charge is 0.491 e. The van der Waals surface area contributed by atoms with Crippen molar-refractivity contribution in [3.05, 3.63) is 54.1 Å². The molecule has 0 aromatic heterocycles. The van der Waals surface area contributed by atoms with Crippen LogP contribution in [0.1, 0.15) is 25.3 Å². The molecule has 3 rings (SSSR count). The molecule has 0 spiro atoms. The van der Waals surface area contributed by atoms with Crippen molar-refractivity contribution in [1.29, 1.82) is 5.26 Å². The van der Waals surface area contributed by atoms with Crippen LogP contribution in [-0.4, -0.2) is 31.6 Å². The lowest BCUT2D eigenvalue weighted by Gasteiger charge is -2.18. The van der Waals surface area contributed by atoms with E-state index in [-0.39, 0.29) is 18.4 Å². The molecule has 1 fully saturated rings.